The van der Waals surface area contributed by atoms with Crippen LogP contribution in [0, 0.1) is 0 Å². The van der Waals surface area contributed by atoms with Gasteiger partial charge in [0.15, 0.2) is 11.6 Å². The van der Waals surface area contributed by atoms with Crippen LogP contribution in [0.3, 0.4) is 0 Å². The van der Waals surface area contributed by atoms with Gasteiger partial charge in [-0.05, 0) is 44.4 Å². The van der Waals surface area contributed by atoms with Crippen LogP contribution in [-0.4, -0.2) is 64.7 Å². The monoisotopic (exact) mass is 359 g/mol. The summed E-state index contributed by atoms with van der Waals surface area (Å²) in [4.78, 5) is 11.2. The van der Waals surface area contributed by atoms with Crippen molar-refractivity contribution in [2.75, 3.05) is 44.0 Å². The first-order valence-corrected chi connectivity index (χ1v) is 9.68. The number of nitrogens with zero attached hydrogens (tertiary/aromatic N) is 7. The molecule has 0 bridgehead atoms. The summed E-state index contributed by atoms with van der Waals surface area (Å²) in [5, 5.41) is 9.85. The average Bonchev–Trinajstić information content (AvgIpc) is 3.02. The smallest absolute Gasteiger partial charge is 0.204 e. The van der Waals surface area contributed by atoms with Crippen molar-refractivity contribution in [2.24, 2.45) is 0 Å². The molecule has 0 aromatic carbocycles. The van der Waals surface area contributed by atoms with E-state index in [0.29, 0.717) is 6.04 Å². The SMILES string of the molecule is CN(C)c1nc(CN(C)C2CN(c3cc4c(nn3)CCCC4)C2)ns1. The minimum atomic E-state index is 0.518. The molecule has 3 heterocycles. The summed E-state index contributed by atoms with van der Waals surface area (Å²) in [7, 11) is 6.14. The summed E-state index contributed by atoms with van der Waals surface area (Å²) in [6.45, 7) is 2.78. The third kappa shape index (κ3) is 3.46. The van der Waals surface area contributed by atoms with Crippen LogP contribution in [0.4, 0.5) is 10.9 Å². The van der Waals surface area contributed by atoms with Crippen LogP contribution >= 0.6 is 11.5 Å². The minimum Gasteiger partial charge on any atom is -0.353 e. The number of fused-ring (bicyclic) bond motifs is 1. The first-order chi connectivity index (χ1) is 12.1. The molecule has 0 unspecified atom stereocenters. The van der Waals surface area contributed by atoms with E-state index >= 15 is 0 Å². The van der Waals surface area contributed by atoms with Gasteiger partial charge in [0.2, 0.25) is 5.13 Å². The van der Waals surface area contributed by atoms with E-state index in [4.69, 9.17) is 0 Å². The van der Waals surface area contributed by atoms with Gasteiger partial charge in [0.05, 0.1) is 12.2 Å². The number of rotatable bonds is 5. The highest BCUT2D eigenvalue weighted by molar-refractivity contribution is 7.09. The molecule has 0 amide bonds. The molecule has 0 spiro atoms. The fourth-order valence-corrected chi connectivity index (χ4v) is 3.99. The lowest BCUT2D eigenvalue weighted by atomic mass is 9.96. The Bertz CT molecular complexity index is 738. The van der Waals surface area contributed by atoms with Crippen molar-refractivity contribution in [3.8, 4) is 0 Å². The van der Waals surface area contributed by atoms with Crippen LogP contribution in [0.25, 0.3) is 0 Å². The molecule has 7 nitrogen and oxygen atoms in total. The number of aromatic nitrogens is 4. The molecule has 134 valence electrons. The molecule has 25 heavy (non-hydrogen) atoms. The number of anilines is 2. The fourth-order valence-electron chi connectivity index (χ4n) is 3.40. The van der Waals surface area contributed by atoms with Crippen molar-refractivity contribution < 1.29 is 0 Å². The highest BCUT2D eigenvalue weighted by Crippen LogP contribution is 2.26. The van der Waals surface area contributed by atoms with Gasteiger partial charge in [-0.1, -0.05) is 0 Å². The highest BCUT2D eigenvalue weighted by atomic mass is 32.1. The number of likely N-dealkylation sites (N-methyl/N-ethyl adjacent to an activating group) is 1. The molecule has 0 atom stereocenters. The maximum absolute atomic E-state index is 4.57. The van der Waals surface area contributed by atoms with Gasteiger partial charge in [0.1, 0.15) is 0 Å². The van der Waals surface area contributed by atoms with E-state index in [1.807, 2.05) is 19.0 Å². The van der Waals surface area contributed by atoms with Crippen molar-refractivity contribution in [1.82, 2.24) is 24.5 Å². The maximum Gasteiger partial charge on any atom is 0.204 e. The Kier molecular flexibility index (Phi) is 4.56. The largest absolute Gasteiger partial charge is 0.353 e. The van der Waals surface area contributed by atoms with Crippen LogP contribution in [0.15, 0.2) is 6.07 Å². The van der Waals surface area contributed by atoms with Crippen molar-refractivity contribution in [3.63, 3.8) is 0 Å². The highest BCUT2D eigenvalue weighted by Gasteiger charge is 2.32. The molecule has 4 rings (SSSR count). The topological polar surface area (TPSA) is 61.3 Å². The predicted octanol–water partition coefficient (Wildman–Crippen LogP) is 1.59. The Hall–Kier alpha value is -1.80. The molecule has 1 aliphatic heterocycles. The van der Waals surface area contributed by atoms with E-state index < -0.39 is 0 Å². The van der Waals surface area contributed by atoms with Gasteiger partial charge < -0.3 is 9.80 Å². The average molecular weight is 360 g/mol. The maximum atomic E-state index is 4.57. The zero-order valence-corrected chi connectivity index (χ0v) is 16.0. The van der Waals surface area contributed by atoms with Crippen molar-refractivity contribution in [2.45, 2.75) is 38.3 Å². The third-order valence-electron chi connectivity index (χ3n) is 5.10. The van der Waals surface area contributed by atoms with Gasteiger partial charge >= 0.3 is 0 Å². The lowest BCUT2D eigenvalue weighted by Crippen LogP contribution is -2.58. The molecule has 1 saturated heterocycles. The Morgan fingerprint density at radius 1 is 1.16 bits per heavy atom. The van der Waals surface area contributed by atoms with Crippen LogP contribution in [0.5, 0.6) is 0 Å². The Morgan fingerprint density at radius 2 is 1.96 bits per heavy atom. The van der Waals surface area contributed by atoms with E-state index in [0.717, 1.165) is 49.2 Å². The summed E-state index contributed by atoms with van der Waals surface area (Å²) in [5.41, 5.74) is 2.60. The van der Waals surface area contributed by atoms with E-state index in [9.17, 15) is 0 Å². The molecule has 2 aliphatic rings. The van der Waals surface area contributed by atoms with Crippen LogP contribution < -0.4 is 9.80 Å². The molecule has 1 aliphatic carbocycles. The molecule has 0 N–H and O–H groups in total. The van der Waals surface area contributed by atoms with Gasteiger partial charge in [-0.3, -0.25) is 4.90 Å². The number of hydrogen-bond acceptors (Lipinski definition) is 8. The number of hydrogen-bond donors (Lipinski definition) is 0. The molecule has 8 heteroatoms. The first kappa shape index (κ1) is 16.7. The van der Waals surface area contributed by atoms with E-state index in [-0.39, 0.29) is 0 Å². The molecular formula is C17H25N7S. The Morgan fingerprint density at radius 3 is 2.72 bits per heavy atom. The Balaban J connectivity index is 1.33. The summed E-state index contributed by atoms with van der Waals surface area (Å²) in [5.74, 6) is 1.94. The second kappa shape index (κ2) is 6.84. The molecule has 0 saturated carbocycles. The third-order valence-corrected chi connectivity index (χ3v) is 6.02. The van der Waals surface area contributed by atoms with Gasteiger partial charge in [0, 0.05) is 44.8 Å². The van der Waals surface area contributed by atoms with Crippen molar-refractivity contribution in [3.05, 3.63) is 23.1 Å². The molecular weight excluding hydrogens is 334 g/mol. The zero-order valence-electron chi connectivity index (χ0n) is 15.1. The summed E-state index contributed by atoms with van der Waals surface area (Å²) >= 11 is 1.46. The lowest BCUT2D eigenvalue weighted by Gasteiger charge is -2.44. The van der Waals surface area contributed by atoms with Crippen LogP contribution in [0.2, 0.25) is 0 Å². The van der Waals surface area contributed by atoms with Gasteiger partial charge in [0.25, 0.3) is 0 Å². The van der Waals surface area contributed by atoms with Crippen molar-refractivity contribution in [1.29, 1.82) is 0 Å². The Labute approximate surface area is 152 Å². The quantitative estimate of drug-likeness (QED) is 0.803. The summed E-state index contributed by atoms with van der Waals surface area (Å²) in [6.07, 6.45) is 4.76. The van der Waals surface area contributed by atoms with E-state index in [1.54, 1.807) is 0 Å². The lowest BCUT2D eigenvalue weighted by molar-refractivity contribution is 0.193. The molecule has 1 fully saturated rings. The predicted molar refractivity (Wildman–Crippen MR) is 100 cm³/mol. The molecule has 0 radical (unpaired) electrons. The summed E-state index contributed by atoms with van der Waals surface area (Å²) in [6, 6.07) is 2.77. The van der Waals surface area contributed by atoms with Gasteiger partial charge in [-0.15, -0.1) is 5.10 Å². The van der Waals surface area contributed by atoms with Crippen molar-refractivity contribution >= 4 is 22.5 Å². The van der Waals surface area contributed by atoms with E-state index in [2.05, 4.69) is 42.5 Å². The molecule has 2 aromatic heterocycles. The van der Waals surface area contributed by atoms with E-state index in [1.165, 1.54) is 35.6 Å². The number of aryl methyl sites for hydroxylation is 2. The zero-order chi connectivity index (χ0) is 17.4. The second-order valence-corrected chi connectivity index (χ2v) is 7.97. The minimum absolute atomic E-state index is 0.518. The van der Waals surface area contributed by atoms with Gasteiger partial charge in [-0.25, -0.2) is 4.98 Å². The normalized spacial score (nSPS) is 17.5. The van der Waals surface area contributed by atoms with Gasteiger partial charge in [-0.2, -0.15) is 9.47 Å². The molecule has 2 aromatic rings. The standard InChI is InChI=1S/C17H25N7S/c1-22(2)17-18-15(21-25-17)11-23(3)13-9-24(10-13)16-8-12-6-4-5-7-14(12)19-20-16/h8,13H,4-7,9-11H2,1-3H3. The van der Waals surface area contributed by atoms with Crippen LogP contribution in [0.1, 0.15) is 29.9 Å². The summed E-state index contributed by atoms with van der Waals surface area (Å²) < 4.78 is 4.45. The fraction of sp³-hybridized carbons (Fsp3) is 0.647. The van der Waals surface area contributed by atoms with Crippen LogP contribution in [-0.2, 0) is 19.4 Å². The first-order valence-electron chi connectivity index (χ1n) is 8.90. The second-order valence-electron chi connectivity index (χ2n) is 7.24.